The number of hydrogen-bond donors (Lipinski definition) is 2. The molecule has 2 heterocycles. The molecule has 0 saturated carbocycles. The van der Waals surface area contributed by atoms with Crippen molar-refractivity contribution in [1.29, 1.82) is 0 Å². The van der Waals surface area contributed by atoms with E-state index in [2.05, 4.69) is 22.3 Å². The SMILES string of the molecule is Cn1nccc1CCNC(=O)c1sccc1C#CCN. The predicted molar refractivity (Wildman–Crippen MR) is 79.5 cm³/mol. The molecule has 2 rings (SSSR count). The van der Waals surface area contributed by atoms with Crippen LogP contribution in [0, 0.1) is 11.8 Å². The minimum Gasteiger partial charge on any atom is -0.351 e. The Hall–Kier alpha value is -2.10. The minimum atomic E-state index is -0.0940. The van der Waals surface area contributed by atoms with Gasteiger partial charge in [0.1, 0.15) is 4.88 Å². The summed E-state index contributed by atoms with van der Waals surface area (Å²) in [5, 5.41) is 8.84. The number of thiophene rings is 1. The Balaban J connectivity index is 1.92. The van der Waals surface area contributed by atoms with Crippen LogP contribution in [-0.4, -0.2) is 28.8 Å². The first-order valence-electron chi connectivity index (χ1n) is 6.24. The van der Waals surface area contributed by atoms with E-state index < -0.39 is 0 Å². The van der Waals surface area contributed by atoms with Crippen LogP contribution in [0.15, 0.2) is 23.7 Å². The van der Waals surface area contributed by atoms with Crippen molar-refractivity contribution in [2.24, 2.45) is 12.8 Å². The number of aryl methyl sites for hydroxylation is 1. The van der Waals surface area contributed by atoms with Gasteiger partial charge in [-0.15, -0.1) is 11.3 Å². The molecule has 20 heavy (non-hydrogen) atoms. The second kappa shape index (κ2) is 6.89. The molecule has 0 saturated heterocycles. The van der Waals surface area contributed by atoms with Crippen LogP contribution in [0.2, 0.25) is 0 Å². The van der Waals surface area contributed by atoms with E-state index in [1.54, 1.807) is 10.9 Å². The third-order valence-electron chi connectivity index (χ3n) is 2.79. The molecule has 0 aliphatic rings. The van der Waals surface area contributed by atoms with Crippen LogP contribution < -0.4 is 11.1 Å². The van der Waals surface area contributed by atoms with E-state index in [4.69, 9.17) is 5.73 Å². The molecule has 0 spiro atoms. The highest BCUT2D eigenvalue weighted by Gasteiger charge is 2.11. The van der Waals surface area contributed by atoms with Crippen molar-refractivity contribution in [2.75, 3.05) is 13.1 Å². The Kier molecular flexibility index (Phi) is 4.93. The Morgan fingerprint density at radius 1 is 1.55 bits per heavy atom. The quantitative estimate of drug-likeness (QED) is 0.816. The van der Waals surface area contributed by atoms with E-state index in [1.165, 1.54) is 11.3 Å². The highest BCUT2D eigenvalue weighted by molar-refractivity contribution is 7.12. The Morgan fingerprint density at radius 3 is 3.10 bits per heavy atom. The average molecular weight is 288 g/mol. The zero-order valence-corrected chi connectivity index (χ0v) is 12.0. The van der Waals surface area contributed by atoms with Gasteiger partial charge >= 0.3 is 0 Å². The number of carbonyl (C=O) groups is 1. The third kappa shape index (κ3) is 3.47. The van der Waals surface area contributed by atoms with Crippen LogP contribution in [0.5, 0.6) is 0 Å². The van der Waals surface area contributed by atoms with Crippen LogP contribution in [0.4, 0.5) is 0 Å². The third-order valence-corrected chi connectivity index (χ3v) is 3.70. The van der Waals surface area contributed by atoms with Crippen molar-refractivity contribution >= 4 is 17.2 Å². The zero-order valence-electron chi connectivity index (χ0n) is 11.2. The monoisotopic (exact) mass is 288 g/mol. The molecule has 0 unspecified atom stereocenters. The van der Waals surface area contributed by atoms with Crippen molar-refractivity contribution < 1.29 is 4.79 Å². The largest absolute Gasteiger partial charge is 0.351 e. The molecule has 0 aliphatic heterocycles. The second-order valence-electron chi connectivity index (χ2n) is 4.12. The number of amides is 1. The number of carbonyl (C=O) groups excluding carboxylic acids is 1. The Labute approximate surface area is 121 Å². The molecule has 0 bridgehead atoms. The van der Waals surface area contributed by atoms with Crippen molar-refractivity contribution in [3.8, 4) is 11.8 Å². The molecule has 3 N–H and O–H groups in total. The molecule has 1 amide bonds. The van der Waals surface area contributed by atoms with Crippen LogP contribution in [0.1, 0.15) is 20.9 Å². The van der Waals surface area contributed by atoms with Gasteiger partial charge in [-0.05, 0) is 17.5 Å². The summed E-state index contributed by atoms with van der Waals surface area (Å²) in [5.41, 5.74) is 7.16. The molecular formula is C14H16N4OS. The van der Waals surface area contributed by atoms with Crippen molar-refractivity contribution in [3.63, 3.8) is 0 Å². The van der Waals surface area contributed by atoms with E-state index in [9.17, 15) is 4.79 Å². The summed E-state index contributed by atoms with van der Waals surface area (Å²) in [5.74, 6) is 5.58. The lowest BCUT2D eigenvalue weighted by Gasteiger charge is -2.04. The summed E-state index contributed by atoms with van der Waals surface area (Å²) in [4.78, 5) is 12.7. The molecular weight excluding hydrogens is 272 g/mol. The normalized spacial score (nSPS) is 9.90. The molecule has 0 fully saturated rings. The van der Waals surface area contributed by atoms with Gasteiger partial charge in [0.05, 0.1) is 6.54 Å². The van der Waals surface area contributed by atoms with Crippen molar-refractivity contribution in [2.45, 2.75) is 6.42 Å². The minimum absolute atomic E-state index is 0.0940. The highest BCUT2D eigenvalue weighted by Crippen LogP contribution is 2.15. The topological polar surface area (TPSA) is 72.9 Å². The maximum atomic E-state index is 12.1. The Bertz CT molecular complexity index is 647. The molecule has 6 heteroatoms. The first-order chi connectivity index (χ1) is 9.72. The summed E-state index contributed by atoms with van der Waals surface area (Å²) in [6.45, 7) is 0.859. The molecule has 5 nitrogen and oxygen atoms in total. The van der Waals surface area contributed by atoms with Crippen LogP contribution >= 0.6 is 11.3 Å². The van der Waals surface area contributed by atoms with Crippen molar-refractivity contribution in [3.05, 3.63) is 39.8 Å². The number of nitrogens with zero attached hydrogens (tertiary/aromatic N) is 2. The van der Waals surface area contributed by atoms with Gasteiger partial charge in [-0.1, -0.05) is 11.8 Å². The van der Waals surface area contributed by atoms with Gasteiger partial charge in [0.2, 0.25) is 0 Å². The molecule has 104 valence electrons. The zero-order chi connectivity index (χ0) is 14.4. The van der Waals surface area contributed by atoms with Gasteiger partial charge in [-0.25, -0.2) is 0 Å². The van der Waals surface area contributed by atoms with E-state index in [-0.39, 0.29) is 12.5 Å². The van der Waals surface area contributed by atoms with Crippen LogP contribution in [0.3, 0.4) is 0 Å². The fourth-order valence-corrected chi connectivity index (χ4v) is 2.53. The smallest absolute Gasteiger partial charge is 0.262 e. The summed E-state index contributed by atoms with van der Waals surface area (Å²) in [6, 6.07) is 3.78. The lowest BCUT2D eigenvalue weighted by molar-refractivity contribution is 0.0958. The molecule has 2 aromatic heterocycles. The first-order valence-corrected chi connectivity index (χ1v) is 7.12. The van der Waals surface area contributed by atoms with Crippen LogP contribution in [-0.2, 0) is 13.5 Å². The number of nitrogens with two attached hydrogens (primary N) is 1. The van der Waals surface area contributed by atoms with Gasteiger partial charge in [-0.3, -0.25) is 9.48 Å². The highest BCUT2D eigenvalue weighted by atomic mass is 32.1. The van der Waals surface area contributed by atoms with Gasteiger partial charge in [0.15, 0.2) is 0 Å². The van der Waals surface area contributed by atoms with Gasteiger partial charge in [-0.2, -0.15) is 5.10 Å². The van der Waals surface area contributed by atoms with Crippen molar-refractivity contribution in [1.82, 2.24) is 15.1 Å². The maximum absolute atomic E-state index is 12.1. The van der Waals surface area contributed by atoms with Gasteiger partial charge < -0.3 is 11.1 Å². The van der Waals surface area contributed by atoms with E-state index >= 15 is 0 Å². The summed E-state index contributed by atoms with van der Waals surface area (Å²) >= 11 is 1.39. The lowest BCUT2D eigenvalue weighted by Crippen LogP contribution is -2.26. The van der Waals surface area contributed by atoms with Crippen LogP contribution in [0.25, 0.3) is 0 Å². The van der Waals surface area contributed by atoms with E-state index in [0.717, 1.165) is 17.7 Å². The molecule has 0 aliphatic carbocycles. The number of rotatable bonds is 4. The standard InChI is InChI=1S/C14H16N4OS/c1-18-12(5-9-17-18)4-8-16-14(19)13-11(3-2-7-15)6-10-20-13/h5-6,9-10H,4,7-8,15H2,1H3,(H,16,19). The predicted octanol–water partition coefficient (Wildman–Crippen LogP) is 0.764. The van der Waals surface area contributed by atoms with Gasteiger partial charge in [0.25, 0.3) is 5.91 Å². The van der Waals surface area contributed by atoms with E-state index in [0.29, 0.717) is 11.4 Å². The molecule has 0 atom stereocenters. The first kappa shape index (κ1) is 14.3. The number of hydrogen-bond acceptors (Lipinski definition) is 4. The summed E-state index contributed by atoms with van der Waals surface area (Å²) in [6.07, 6.45) is 2.49. The summed E-state index contributed by atoms with van der Waals surface area (Å²) in [7, 11) is 1.89. The molecule has 2 aromatic rings. The fourth-order valence-electron chi connectivity index (χ4n) is 1.76. The van der Waals surface area contributed by atoms with E-state index in [1.807, 2.05) is 24.6 Å². The molecule has 0 aromatic carbocycles. The number of aromatic nitrogens is 2. The second-order valence-corrected chi connectivity index (χ2v) is 5.04. The fraction of sp³-hybridized carbons (Fsp3) is 0.286. The summed E-state index contributed by atoms with van der Waals surface area (Å²) < 4.78 is 1.80. The Morgan fingerprint density at radius 2 is 2.40 bits per heavy atom. The maximum Gasteiger partial charge on any atom is 0.262 e. The lowest BCUT2D eigenvalue weighted by atomic mass is 10.2. The number of nitrogens with one attached hydrogen (secondary N) is 1. The molecule has 0 radical (unpaired) electrons. The van der Waals surface area contributed by atoms with Gasteiger partial charge in [0, 0.05) is 37.5 Å². The average Bonchev–Trinajstić information content (AvgIpc) is 3.06.